The number of hydrogen-bond acceptors (Lipinski definition) is 4. The molecule has 22 heavy (non-hydrogen) atoms. The standard InChI is InChI=1S/C16H27N4O2/c1-6-10-20(18-7-2)13-16(8-9-17)11-19(12-16)14(21)22-15(3,4)5/h7H,2,6,8,10-13H2,1,3-5H3/q-1. The van der Waals surface area contributed by atoms with Gasteiger partial charge < -0.3 is 20.1 Å². The average molecular weight is 307 g/mol. The first-order valence-electron chi connectivity index (χ1n) is 7.67. The van der Waals surface area contributed by atoms with E-state index in [4.69, 9.17) is 10.00 Å². The van der Waals surface area contributed by atoms with E-state index in [1.165, 1.54) is 6.20 Å². The van der Waals surface area contributed by atoms with Gasteiger partial charge >= 0.3 is 6.09 Å². The van der Waals surface area contributed by atoms with Crippen LogP contribution in [-0.2, 0) is 4.74 Å². The molecule has 124 valence electrons. The first kappa shape index (κ1) is 18.3. The molecule has 1 fully saturated rings. The van der Waals surface area contributed by atoms with Crippen molar-refractivity contribution in [2.75, 3.05) is 26.2 Å². The summed E-state index contributed by atoms with van der Waals surface area (Å²) in [5, 5.41) is 11.0. The molecule has 0 atom stereocenters. The minimum Gasteiger partial charge on any atom is -0.627 e. The third-order valence-corrected chi connectivity index (χ3v) is 3.40. The van der Waals surface area contributed by atoms with E-state index in [0.29, 0.717) is 26.1 Å². The van der Waals surface area contributed by atoms with Crippen molar-refractivity contribution in [1.82, 2.24) is 9.91 Å². The Labute approximate surface area is 133 Å². The Hall–Kier alpha value is -1.74. The fourth-order valence-electron chi connectivity index (χ4n) is 2.59. The van der Waals surface area contributed by atoms with Crippen molar-refractivity contribution in [3.8, 4) is 6.07 Å². The average Bonchev–Trinajstić information content (AvgIpc) is 2.33. The van der Waals surface area contributed by atoms with Crippen LogP contribution in [0.4, 0.5) is 4.79 Å². The van der Waals surface area contributed by atoms with Crippen molar-refractivity contribution >= 4 is 6.09 Å². The van der Waals surface area contributed by atoms with E-state index in [1.54, 1.807) is 4.90 Å². The molecular formula is C16H27N4O2-. The summed E-state index contributed by atoms with van der Waals surface area (Å²) in [5.74, 6) is 0. The van der Waals surface area contributed by atoms with Crippen LogP contribution in [0.15, 0.2) is 12.8 Å². The summed E-state index contributed by atoms with van der Waals surface area (Å²) in [4.78, 5) is 13.7. The first-order chi connectivity index (χ1) is 10.2. The Morgan fingerprint density at radius 2 is 2.18 bits per heavy atom. The Kier molecular flexibility index (Phi) is 6.24. The molecule has 0 aromatic heterocycles. The zero-order chi connectivity index (χ0) is 16.8. The summed E-state index contributed by atoms with van der Waals surface area (Å²) in [6.07, 6.45) is 2.57. The van der Waals surface area contributed by atoms with Crippen molar-refractivity contribution in [2.24, 2.45) is 5.41 Å². The molecule has 1 rings (SSSR count). The fraction of sp³-hybridized carbons (Fsp3) is 0.750. The summed E-state index contributed by atoms with van der Waals surface area (Å²) >= 11 is 0. The molecule has 0 aromatic carbocycles. The third kappa shape index (κ3) is 5.23. The number of rotatable bonds is 7. The van der Waals surface area contributed by atoms with Crippen LogP contribution in [0.3, 0.4) is 0 Å². The highest BCUT2D eigenvalue weighted by molar-refractivity contribution is 5.69. The number of ether oxygens (including phenoxy) is 1. The Morgan fingerprint density at radius 3 is 2.64 bits per heavy atom. The van der Waals surface area contributed by atoms with Crippen molar-refractivity contribution < 1.29 is 9.53 Å². The normalized spacial score (nSPS) is 16.6. The smallest absolute Gasteiger partial charge is 0.410 e. The molecule has 0 N–H and O–H groups in total. The van der Waals surface area contributed by atoms with E-state index in [2.05, 4.69) is 25.0 Å². The van der Waals surface area contributed by atoms with Crippen molar-refractivity contribution in [3.63, 3.8) is 0 Å². The second kappa shape index (κ2) is 7.50. The van der Waals surface area contributed by atoms with Gasteiger partial charge in [-0.1, -0.05) is 6.92 Å². The number of carbonyl (C=O) groups is 1. The second-order valence-electron chi connectivity index (χ2n) is 6.86. The molecule has 6 nitrogen and oxygen atoms in total. The maximum absolute atomic E-state index is 12.0. The largest absolute Gasteiger partial charge is 0.627 e. The van der Waals surface area contributed by atoms with Gasteiger partial charge in [0.25, 0.3) is 0 Å². The van der Waals surface area contributed by atoms with Crippen LogP contribution < -0.4 is 0 Å². The number of nitrogens with zero attached hydrogens (tertiary/aromatic N) is 4. The van der Waals surface area contributed by atoms with E-state index < -0.39 is 5.60 Å². The van der Waals surface area contributed by atoms with Crippen molar-refractivity contribution in [2.45, 2.75) is 46.1 Å². The van der Waals surface area contributed by atoms with Gasteiger partial charge in [0.2, 0.25) is 0 Å². The van der Waals surface area contributed by atoms with Crippen LogP contribution in [-0.4, -0.2) is 47.8 Å². The van der Waals surface area contributed by atoms with Crippen LogP contribution >= 0.6 is 0 Å². The quantitative estimate of drug-likeness (QED) is 0.677. The van der Waals surface area contributed by atoms with Crippen LogP contribution in [0.5, 0.6) is 0 Å². The van der Waals surface area contributed by atoms with Gasteiger partial charge in [0.1, 0.15) is 5.60 Å². The van der Waals surface area contributed by atoms with Gasteiger partial charge in [0.05, 0.1) is 6.07 Å². The zero-order valence-corrected chi connectivity index (χ0v) is 14.1. The highest BCUT2D eigenvalue weighted by atomic mass is 16.6. The molecule has 0 aliphatic carbocycles. The molecule has 1 saturated heterocycles. The molecule has 0 spiro atoms. The number of hydrogen-bond donors (Lipinski definition) is 0. The zero-order valence-electron chi connectivity index (χ0n) is 14.1. The van der Waals surface area contributed by atoms with E-state index in [0.717, 1.165) is 13.0 Å². The lowest BCUT2D eigenvalue weighted by molar-refractivity contribution is -0.0417. The van der Waals surface area contributed by atoms with E-state index >= 15 is 0 Å². The van der Waals surface area contributed by atoms with E-state index in [-0.39, 0.29) is 11.5 Å². The van der Waals surface area contributed by atoms with Gasteiger partial charge in [-0.15, -0.1) is 6.58 Å². The minimum absolute atomic E-state index is 0.229. The number of nitriles is 1. The molecule has 1 aliphatic rings. The molecular weight excluding hydrogens is 280 g/mol. The van der Waals surface area contributed by atoms with Gasteiger partial charge in [-0.25, -0.2) is 4.79 Å². The van der Waals surface area contributed by atoms with Gasteiger partial charge in [-0.2, -0.15) is 11.5 Å². The SMILES string of the molecule is C=C[N-]N(CCC)CC1(CC#N)CN(C(=O)OC(C)(C)C)C1. The first-order valence-corrected chi connectivity index (χ1v) is 7.67. The van der Waals surface area contributed by atoms with E-state index in [1.807, 2.05) is 25.8 Å². The molecule has 0 radical (unpaired) electrons. The fourth-order valence-corrected chi connectivity index (χ4v) is 2.59. The van der Waals surface area contributed by atoms with Gasteiger partial charge in [0.15, 0.2) is 0 Å². The predicted molar refractivity (Wildman–Crippen MR) is 85.9 cm³/mol. The maximum Gasteiger partial charge on any atom is 0.410 e. The Bertz CT molecular complexity index is 430. The van der Waals surface area contributed by atoms with Crippen molar-refractivity contribution in [3.05, 3.63) is 18.2 Å². The van der Waals surface area contributed by atoms with Gasteiger partial charge in [0, 0.05) is 24.9 Å². The lowest BCUT2D eigenvalue weighted by atomic mass is 9.77. The number of carbonyl (C=O) groups excluding carboxylic acids is 1. The topological polar surface area (TPSA) is 70.7 Å². The summed E-state index contributed by atoms with van der Waals surface area (Å²) in [5.41, 5.74) is 3.51. The summed E-state index contributed by atoms with van der Waals surface area (Å²) in [7, 11) is 0. The van der Waals surface area contributed by atoms with Gasteiger partial charge in [-0.05, 0) is 40.3 Å². The lowest BCUT2D eigenvalue weighted by Gasteiger charge is -2.53. The Morgan fingerprint density at radius 1 is 1.55 bits per heavy atom. The molecule has 1 heterocycles. The number of likely N-dealkylation sites (tertiary alicyclic amines) is 1. The summed E-state index contributed by atoms with van der Waals surface area (Å²) in [6, 6.07) is 2.23. The Balaban J connectivity index is 2.63. The summed E-state index contributed by atoms with van der Waals surface area (Å²) in [6.45, 7) is 13.8. The third-order valence-electron chi connectivity index (χ3n) is 3.40. The highest BCUT2D eigenvalue weighted by Crippen LogP contribution is 2.36. The maximum atomic E-state index is 12.0. The lowest BCUT2D eigenvalue weighted by Crippen LogP contribution is -2.62. The van der Waals surface area contributed by atoms with Crippen LogP contribution in [0.1, 0.15) is 40.5 Å². The van der Waals surface area contributed by atoms with Crippen LogP contribution in [0.2, 0.25) is 0 Å². The monoisotopic (exact) mass is 307 g/mol. The molecule has 1 amide bonds. The molecule has 1 aliphatic heterocycles. The molecule has 0 saturated carbocycles. The van der Waals surface area contributed by atoms with Crippen LogP contribution in [0.25, 0.3) is 5.43 Å². The van der Waals surface area contributed by atoms with E-state index in [9.17, 15) is 4.79 Å². The highest BCUT2D eigenvalue weighted by Gasteiger charge is 2.46. The van der Waals surface area contributed by atoms with Crippen molar-refractivity contribution in [1.29, 1.82) is 5.26 Å². The molecule has 0 unspecified atom stereocenters. The summed E-state index contributed by atoms with van der Waals surface area (Å²) < 4.78 is 5.36. The number of amides is 1. The van der Waals surface area contributed by atoms with Crippen LogP contribution in [0, 0.1) is 16.7 Å². The molecule has 6 heteroatoms. The molecule has 0 bridgehead atoms. The van der Waals surface area contributed by atoms with Gasteiger partial charge in [-0.3, -0.25) is 0 Å². The minimum atomic E-state index is -0.503. The predicted octanol–water partition coefficient (Wildman–Crippen LogP) is 3.28. The second-order valence-corrected chi connectivity index (χ2v) is 6.86. The molecule has 0 aromatic rings.